The molecule has 0 saturated carbocycles. The number of hydrogen-bond donors (Lipinski definition) is 0. The molecule has 1 aromatic carbocycles. The minimum atomic E-state index is 0.194. The molecular weight excluding hydrogens is 342 g/mol. The maximum absolute atomic E-state index is 5.94. The Labute approximate surface area is 131 Å². The Balaban J connectivity index is 2.22. The summed E-state index contributed by atoms with van der Waals surface area (Å²) in [7, 11) is 5.65. The molecule has 2 rings (SSSR count). The molecule has 0 fully saturated rings. The van der Waals surface area contributed by atoms with E-state index in [1.165, 1.54) is 0 Å². The van der Waals surface area contributed by atoms with E-state index in [1.807, 2.05) is 38.2 Å². The Bertz CT molecular complexity index is 605. The lowest BCUT2D eigenvalue weighted by molar-refractivity contribution is 0.841. The quantitative estimate of drug-likeness (QED) is 0.842. The Kier molecular flexibility index (Phi) is 4.77. The molecule has 20 heavy (non-hydrogen) atoms. The Morgan fingerprint density at radius 3 is 2.45 bits per heavy atom. The molecule has 0 atom stereocenters. The van der Waals surface area contributed by atoms with Crippen LogP contribution in [0.5, 0.6) is 0 Å². The standard InChI is InChI=1S/C13H15BrClN5/c1-19(2)12-16-11(15)17-13(18-12)20(3)8-9-5-4-6-10(14)7-9/h4-7H,8H2,1-3H3. The van der Waals surface area contributed by atoms with Gasteiger partial charge in [-0.15, -0.1) is 0 Å². The summed E-state index contributed by atoms with van der Waals surface area (Å²) in [5.41, 5.74) is 1.16. The third kappa shape index (κ3) is 3.80. The van der Waals surface area contributed by atoms with Gasteiger partial charge in [-0.05, 0) is 29.3 Å². The summed E-state index contributed by atoms with van der Waals surface area (Å²) in [5.74, 6) is 1.09. The fourth-order valence-corrected chi connectivity index (χ4v) is 2.28. The van der Waals surface area contributed by atoms with Gasteiger partial charge in [0.1, 0.15) is 0 Å². The largest absolute Gasteiger partial charge is 0.347 e. The summed E-state index contributed by atoms with van der Waals surface area (Å²) in [4.78, 5) is 16.4. The average molecular weight is 357 g/mol. The minimum absolute atomic E-state index is 0.194. The monoisotopic (exact) mass is 355 g/mol. The molecule has 7 heteroatoms. The number of anilines is 2. The number of aromatic nitrogens is 3. The summed E-state index contributed by atoms with van der Waals surface area (Å²) in [6.07, 6.45) is 0. The van der Waals surface area contributed by atoms with Crippen LogP contribution in [0, 0.1) is 0 Å². The van der Waals surface area contributed by atoms with E-state index in [0.29, 0.717) is 18.4 Å². The molecule has 0 unspecified atom stereocenters. The van der Waals surface area contributed by atoms with E-state index in [1.54, 1.807) is 4.90 Å². The molecular formula is C13H15BrClN5. The number of rotatable bonds is 4. The van der Waals surface area contributed by atoms with Crippen LogP contribution >= 0.6 is 27.5 Å². The Hall–Kier alpha value is -1.40. The van der Waals surface area contributed by atoms with Crippen LogP contribution < -0.4 is 9.80 Å². The van der Waals surface area contributed by atoms with Crippen molar-refractivity contribution in [1.82, 2.24) is 15.0 Å². The van der Waals surface area contributed by atoms with E-state index >= 15 is 0 Å². The van der Waals surface area contributed by atoms with E-state index in [4.69, 9.17) is 11.6 Å². The zero-order chi connectivity index (χ0) is 14.7. The second-order valence-corrected chi connectivity index (χ2v) is 5.84. The van der Waals surface area contributed by atoms with Crippen molar-refractivity contribution in [2.45, 2.75) is 6.54 Å². The highest BCUT2D eigenvalue weighted by molar-refractivity contribution is 9.10. The zero-order valence-corrected chi connectivity index (χ0v) is 13.9. The lowest BCUT2D eigenvalue weighted by Gasteiger charge is -2.19. The van der Waals surface area contributed by atoms with Crippen LogP contribution in [0.25, 0.3) is 0 Å². The fourth-order valence-electron chi connectivity index (χ4n) is 1.68. The van der Waals surface area contributed by atoms with Gasteiger partial charge in [0.2, 0.25) is 17.2 Å². The summed E-state index contributed by atoms with van der Waals surface area (Å²) in [6.45, 7) is 0.687. The third-order valence-electron chi connectivity index (χ3n) is 2.63. The first kappa shape index (κ1) is 15.0. The van der Waals surface area contributed by atoms with Crippen molar-refractivity contribution in [3.8, 4) is 0 Å². The highest BCUT2D eigenvalue weighted by Crippen LogP contribution is 2.18. The van der Waals surface area contributed by atoms with Crippen LogP contribution in [-0.2, 0) is 6.54 Å². The predicted molar refractivity (Wildman–Crippen MR) is 85.4 cm³/mol. The van der Waals surface area contributed by atoms with Crippen LogP contribution in [0.3, 0.4) is 0 Å². The van der Waals surface area contributed by atoms with Gasteiger partial charge < -0.3 is 9.80 Å². The maximum Gasteiger partial charge on any atom is 0.231 e. The van der Waals surface area contributed by atoms with Crippen molar-refractivity contribution in [3.63, 3.8) is 0 Å². The molecule has 0 N–H and O–H groups in total. The minimum Gasteiger partial charge on any atom is -0.347 e. The number of halogens is 2. The normalized spacial score (nSPS) is 10.4. The van der Waals surface area contributed by atoms with Gasteiger partial charge in [-0.3, -0.25) is 0 Å². The van der Waals surface area contributed by atoms with Gasteiger partial charge in [0, 0.05) is 32.2 Å². The highest BCUT2D eigenvalue weighted by Gasteiger charge is 2.11. The van der Waals surface area contributed by atoms with Gasteiger partial charge in [0.25, 0.3) is 0 Å². The van der Waals surface area contributed by atoms with Gasteiger partial charge in [-0.1, -0.05) is 28.1 Å². The lowest BCUT2D eigenvalue weighted by Crippen LogP contribution is -2.22. The molecule has 0 spiro atoms. The molecule has 2 aromatic rings. The summed E-state index contributed by atoms with van der Waals surface area (Å²) in [5, 5.41) is 0.194. The third-order valence-corrected chi connectivity index (χ3v) is 3.30. The van der Waals surface area contributed by atoms with Gasteiger partial charge in [-0.2, -0.15) is 15.0 Å². The highest BCUT2D eigenvalue weighted by atomic mass is 79.9. The van der Waals surface area contributed by atoms with Crippen molar-refractivity contribution in [2.75, 3.05) is 30.9 Å². The molecule has 0 amide bonds. The fraction of sp³-hybridized carbons (Fsp3) is 0.308. The number of hydrogen-bond acceptors (Lipinski definition) is 5. The molecule has 0 aliphatic rings. The van der Waals surface area contributed by atoms with E-state index in [2.05, 4.69) is 43.0 Å². The predicted octanol–water partition coefficient (Wildman–Crippen LogP) is 2.99. The summed E-state index contributed by atoms with van der Waals surface area (Å²) >= 11 is 9.41. The van der Waals surface area contributed by atoms with Crippen LogP contribution in [0.2, 0.25) is 5.28 Å². The zero-order valence-electron chi connectivity index (χ0n) is 11.5. The van der Waals surface area contributed by atoms with Crippen molar-refractivity contribution in [3.05, 3.63) is 39.6 Å². The van der Waals surface area contributed by atoms with E-state index < -0.39 is 0 Å². The summed E-state index contributed by atoms with van der Waals surface area (Å²) in [6, 6.07) is 8.11. The van der Waals surface area contributed by atoms with E-state index in [-0.39, 0.29) is 5.28 Å². The lowest BCUT2D eigenvalue weighted by atomic mass is 10.2. The van der Waals surface area contributed by atoms with Crippen LogP contribution in [-0.4, -0.2) is 36.1 Å². The second-order valence-electron chi connectivity index (χ2n) is 4.58. The van der Waals surface area contributed by atoms with Crippen molar-refractivity contribution < 1.29 is 0 Å². The van der Waals surface area contributed by atoms with Gasteiger partial charge >= 0.3 is 0 Å². The second kappa shape index (κ2) is 6.37. The van der Waals surface area contributed by atoms with Crippen LogP contribution in [0.15, 0.2) is 28.7 Å². The molecule has 106 valence electrons. The molecule has 1 heterocycles. The molecule has 0 saturated heterocycles. The van der Waals surface area contributed by atoms with E-state index in [0.717, 1.165) is 10.0 Å². The molecule has 0 bridgehead atoms. The number of nitrogens with zero attached hydrogens (tertiary/aromatic N) is 5. The average Bonchev–Trinajstić information content (AvgIpc) is 2.37. The van der Waals surface area contributed by atoms with Crippen LogP contribution in [0.4, 0.5) is 11.9 Å². The van der Waals surface area contributed by atoms with Gasteiger partial charge in [-0.25, -0.2) is 0 Å². The smallest absolute Gasteiger partial charge is 0.231 e. The first-order valence-electron chi connectivity index (χ1n) is 6.00. The van der Waals surface area contributed by atoms with Gasteiger partial charge in [0.15, 0.2) is 0 Å². The molecule has 5 nitrogen and oxygen atoms in total. The Morgan fingerprint density at radius 1 is 1.10 bits per heavy atom. The SMILES string of the molecule is CN(C)c1nc(Cl)nc(N(C)Cc2cccc(Br)c2)n1. The molecule has 0 aliphatic carbocycles. The Morgan fingerprint density at radius 2 is 1.80 bits per heavy atom. The first-order chi connectivity index (χ1) is 9.45. The molecule has 0 aliphatic heterocycles. The molecule has 0 radical (unpaired) electrons. The van der Waals surface area contributed by atoms with E-state index in [9.17, 15) is 0 Å². The summed E-state index contributed by atoms with van der Waals surface area (Å²) < 4.78 is 1.05. The topological polar surface area (TPSA) is 45.2 Å². The van der Waals surface area contributed by atoms with Crippen molar-refractivity contribution in [2.24, 2.45) is 0 Å². The first-order valence-corrected chi connectivity index (χ1v) is 7.17. The maximum atomic E-state index is 5.94. The van der Waals surface area contributed by atoms with Gasteiger partial charge in [0.05, 0.1) is 0 Å². The van der Waals surface area contributed by atoms with Crippen molar-refractivity contribution in [1.29, 1.82) is 0 Å². The number of benzene rings is 1. The van der Waals surface area contributed by atoms with Crippen molar-refractivity contribution >= 4 is 39.4 Å². The molecule has 1 aromatic heterocycles. The van der Waals surface area contributed by atoms with Crippen LogP contribution in [0.1, 0.15) is 5.56 Å².